The van der Waals surface area contributed by atoms with E-state index in [9.17, 15) is 4.79 Å². The molecule has 7 heteroatoms. The molecule has 0 atom stereocenters. The van der Waals surface area contributed by atoms with Crippen molar-refractivity contribution in [1.82, 2.24) is 19.7 Å². The highest BCUT2D eigenvalue weighted by atomic mass is 16.5. The second-order valence-corrected chi connectivity index (χ2v) is 4.69. The molecular weight excluding hydrogens is 284 g/mol. The minimum absolute atomic E-state index is 0.175. The zero-order valence-electron chi connectivity index (χ0n) is 12.2. The van der Waals surface area contributed by atoms with Crippen molar-refractivity contribution >= 4 is 0 Å². The zero-order valence-corrected chi connectivity index (χ0v) is 12.2. The van der Waals surface area contributed by atoms with Gasteiger partial charge in [0.25, 0.3) is 0 Å². The molecule has 0 N–H and O–H groups in total. The largest absolute Gasteiger partial charge is 0.496 e. The Kier molecular flexibility index (Phi) is 3.69. The van der Waals surface area contributed by atoms with Gasteiger partial charge in [-0.3, -0.25) is 4.57 Å². The monoisotopic (exact) mass is 298 g/mol. The zero-order chi connectivity index (χ0) is 15.5. The van der Waals surface area contributed by atoms with Crippen LogP contribution in [0, 0.1) is 6.92 Å². The smallest absolute Gasteiger partial charge is 0.348 e. The summed E-state index contributed by atoms with van der Waals surface area (Å²) in [6.45, 7) is 1.94. The minimum Gasteiger partial charge on any atom is -0.496 e. The van der Waals surface area contributed by atoms with Gasteiger partial charge in [0.05, 0.1) is 12.7 Å². The standard InChI is InChI=1S/C15H14N4O3/c1-10-7-8-19(15(20)16-10)9-13-17-14(18-22-13)11-5-3-4-6-12(11)21-2/h3-8H,9H2,1-2H3. The maximum atomic E-state index is 11.8. The lowest BCUT2D eigenvalue weighted by atomic mass is 10.2. The van der Waals surface area contributed by atoms with Gasteiger partial charge in [-0.25, -0.2) is 4.79 Å². The molecule has 0 saturated carbocycles. The quantitative estimate of drug-likeness (QED) is 0.728. The van der Waals surface area contributed by atoms with E-state index in [2.05, 4.69) is 15.1 Å². The molecule has 7 nitrogen and oxygen atoms in total. The summed E-state index contributed by atoms with van der Waals surface area (Å²) in [6.07, 6.45) is 1.65. The first-order valence-electron chi connectivity index (χ1n) is 6.67. The highest BCUT2D eigenvalue weighted by Gasteiger charge is 2.13. The van der Waals surface area contributed by atoms with E-state index in [0.717, 1.165) is 5.56 Å². The molecule has 112 valence electrons. The number of methoxy groups -OCH3 is 1. The van der Waals surface area contributed by atoms with Gasteiger partial charge in [0.2, 0.25) is 11.7 Å². The summed E-state index contributed by atoms with van der Waals surface area (Å²) < 4.78 is 11.9. The number of aryl methyl sites for hydroxylation is 1. The molecular formula is C15H14N4O3. The van der Waals surface area contributed by atoms with Crippen LogP contribution >= 0.6 is 0 Å². The fourth-order valence-corrected chi connectivity index (χ4v) is 2.04. The molecule has 0 aliphatic rings. The molecule has 0 bridgehead atoms. The van der Waals surface area contributed by atoms with Gasteiger partial charge < -0.3 is 9.26 Å². The van der Waals surface area contributed by atoms with Crippen LogP contribution in [-0.2, 0) is 6.54 Å². The van der Waals surface area contributed by atoms with Crippen LogP contribution in [0.4, 0.5) is 0 Å². The summed E-state index contributed by atoms with van der Waals surface area (Å²) in [5, 5.41) is 3.94. The van der Waals surface area contributed by atoms with Crippen LogP contribution in [0.25, 0.3) is 11.4 Å². The molecule has 0 fully saturated rings. The van der Waals surface area contributed by atoms with Gasteiger partial charge in [-0.2, -0.15) is 9.97 Å². The van der Waals surface area contributed by atoms with E-state index in [0.29, 0.717) is 23.2 Å². The Balaban J connectivity index is 1.89. The fourth-order valence-electron chi connectivity index (χ4n) is 2.04. The summed E-state index contributed by atoms with van der Waals surface area (Å²) in [4.78, 5) is 19.9. The Morgan fingerprint density at radius 1 is 1.23 bits per heavy atom. The maximum Gasteiger partial charge on any atom is 0.348 e. The first-order valence-corrected chi connectivity index (χ1v) is 6.67. The van der Waals surface area contributed by atoms with Gasteiger partial charge in [-0.05, 0) is 25.1 Å². The molecule has 3 aromatic rings. The van der Waals surface area contributed by atoms with Crippen molar-refractivity contribution in [3.05, 3.63) is 58.6 Å². The van der Waals surface area contributed by atoms with Crippen molar-refractivity contribution in [3.63, 3.8) is 0 Å². The third-order valence-corrected chi connectivity index (χ3v) is 3.13. The third kappa shape index (κ3) is 2.73. The van der Waals surface area contributed by atoms with E-state index in [1.807, 2.05) is 24.3 Å². The average Bonchev–Trinajstić information content (AvgIpc) is 2.98. The lowest BCUT2D eigenvalue weighted by Gasteiger charge is -2.03. The number of rotatable bonds is 4. The Bertz CT molecular complexity index is 854. The van der Waals surface area contributed by atoms with E-state index in [1.165, 1.54) is 4.57 Å². The molecule has 0 radical (unpaired) electrons. The Morgan fingerprint density at radius 3 is 2.82 bits per heavy atom. The van der Waals surface area contributed by atoms with Gasteiger partial charge in [0.15, 0.2) is 0 Å². The Morgan fingerprint density at radius 2 is 2.05 bits per heavy atom. The summed E-state index contributed by atoms with van der Waals surface area (Å²) in [5.41, 5.74) is 1.05. The number of ether oxygens (including phenoxy) is 1. The SMILES string of the molecule is COc1ccccc1-c1noc(Cn2ccc(C)nc2=O)n1. The summed E-state index contributed by atoms with van der Waals surface area (Å²) in [7, 11) is 1.58. The first kappa shape index (κ1) is 14.0. The molecule has 0 unspecified atom stereocenters. The topological polar surface area (TPSA) is 83.0 Å². The number of aromatic nitrogens is 4. The molecule has 0 amide bonds. The van der Waals surface area contributed by atoms with Gasteiger partial charge in [-0.1, -0.05) is 17.3 Å². The van der Waals surface area contributed by atoms with Crippen molar-refractivity contribution in [2.24, 2.45) is 0 Å². The van der Waals surface area contributed by atoms with Crippen molar-refractivity contribution in [2.75, 3.05) is 7.11 Å². The number of hydrogen-bond donors (Lipinski definition) is 0. The van der Waals surface area contributed by atoms with Crippen LogP contribution in [0.2, 0.25) is 0 Å². The van der Waals surface area contributed by atoms with Gasteiger partial charge in [0, 0.05) is 11.9 Å². The highest BCUT2D eigenvalue weighted by molar-refractivity contribution is 5.63. The van der Waals surface area contributed by atoms with Gasteiger partial charge in [-0.15, -0.1) is 0 Å². The van der Waals surface area contributed by atoms with Crippen LogP contribution in [-0.4, -0.2) is 26.8 Å². The van der Waals surface area contributed by atoms with Crippen LogP contribution in [0.15, 0.2) is 45.8 Å². The molecule has 0 saturated heterocycles. The van der Waals surface area contributed by atoms with Crippen molar-refractivity contribution < 1.29 is 9.26 Å². The normalized spacial score (nSPS) is 10.6. The number of benzene rings is 1. The maximum absolute atomic E-state index is 11.8. The van der Waals surface area contributed by atoms with E-state index >= 15 is 0 Å². The van der Waals surface area contributed by atoms with Crippen molar-refractivity contribution in [1.29, 1.82) is 0 Å². The lowest BCUT2D eigenvalue weighted by Crippen LogP contribution is -2.23. The number of nitrogens with zero attached hydrogens (tertiary/aromatic N) is 4. The highest BCUT2D eigenvalue weighted by Crippen LogP contribution is 2.26. The van der Waals surface area contributed by atoms with E-state index in [-0.39, 0.29) is 12.2 Å². The summed E-state index contributed by atoms with van der Waals surface area (Å²) >= 11 is 0. The van der Waals surface area contributed by atoms with Crippen molar-refractivity contribution in [3.8, 4) is 17.1 Å². The molecule has 3 rings (SSSR count). The predicted molar refractivity (Wildman–Crippen MR) is 78.6 cm³/mol. The van der Waals surface area contributed by atoms with E-state index in [1.54, 1.807) is 26.3 Å². The number of para-hydroxylation sites is 1. The predicted octanol–water partition coefficient (Wildman–Crippen LogP) is 1.66. The Hall–Kier alpha value is -2.96. The summed E-state index contributed by atoms with van der Waals surface area (Å²) in [6, 6.07) is 9.13. The fraction of sp³-hybridized carbons (Fsp3) is 0.200. The number of hydrogen-bond acceptors (Lipinski definition) is 6. The first-order chi connectivity index (χ1) is 10.7. The Labute approximate surface area is 126 Å². The second-order valence-electron chi connectivity index (χ2n) is 4.69. The van der Waals surface area contributed by atoms with Gasteiger partial charge >= 0.3 is 5.69 Å². The van der Waals surface area contributed by atoms with Crippen LogP contribution in [0.3, 0.4) is 0 Å². The molecule has 2 aromatic heterocycles. The van der Waals surface area contributed by atoms with E-state index in [4.69, 9.17) is 9.26 Å². The molecule has 2 heterocycles. The third-order valence-electron chi connectivity index (χ3n) is 3.13. The summed E-state index contributed by atoms with van der Waals surface area (Å²) in [5.74, 6) is 1.40. The van der Waals surface area contributed by atoms with Crippen LogP contribution < -0.4 is 10.4 Å². The van der Waals surface area contributed by atoms with Crippen LogP contribution in [0.5, 0.6) is 5.75 Å². The lowest BCUT2D eigenvalue weighted by molar-refractivity contribution is 0.368. The van der Waals surface area contributed by atoms with Crippen LogP contribution in [0.1, 0.15) is 11.6 Å². The average molecular weight is 298 g/mol. The molecule has 0 aliphatic carbocycles. The molecule has 1 aromatic carbocycles. The van der Waals surface area contributed by atoms with Gasteiger partial charge in [0.1, 0.15) is 12.3 Å². The minimum atomic E-state index is -0.350. The molecule has 0 aliphatic heterocycles. The second kappa shape index (κ2) is 5.80. The molecule has 22 heavy (non-hydrogen) atoms. The van der Waals surface area contributed by atoms with E-state index < -0.39 is 0 Å². The molecule has 0 spiro atoms. The van der Waals surface area contributed by atoms with Crippen molar-refractivity contribution in [2.45, 2.75) is 13.5 Å².